The minimum Gasteiger partial charge on any atom is -0.486 e. The van der Waals surface area contributed by atoms with Gasteiger partial charge in [-0.15, -0.1) is 0 Å². The van der Waals surface area contributed by atoms with Crippen molar-refractivity contribution in [3.8, 4) is 11.5 Å². The van der Waals surface area contributed by atoms with Gasteiger partial charge in [0.15, 0.2) is 11.5 Å². The van der Waals surface area contributed by atoms with Crippen LogP contribution >= 0.6 is 0 Å². The van der Waals surface area contributed by atoms with Crippen molar-refractivity contribution in [3.05, 3.63) is 35.9 Å². The van der Waals surface area contributed by atoms with Gasteiger partial charge in [-0.05, 0) is 50.2 Å². The molecule has 1 saturated carbocycles. The van der Waals surface area contributed by atoms with Gasteiger partial charge in [0.1, 0.15) is 19.0 Å². The molecule has 29 heavy (non-hydrogen) atoms. The van der Waals surface area contributed by atoms with Gasteiger partial charge in [-0.2, -0.15) is 0 Å². The third-order valence-corrected chi connectivity index (χ3v) is 6.11. The summed E-state index contributed by atoms with van der Waals surface area (Å²) in [6.07, 6.45) is 6.62. The second kappa shape index (κ2) is 7.61. The van der Waals surface area contributed by atoms with Crippen molar-refractivity contribution in [2.75, 3.05) is 31.6 Å². The molecule has 154 valence electrons. The number of hydrogen-bond donors (Lipinski definition) is 1. The number of carbonyl (C=O) groups is 1. The molecule has 0 spiro atoms. The predicted octanol–water partition coefficient (Wildman–Crippen LogP) is 3.47. The average molecular weight is 396 g/mol. The number of likely N-dealkylation sites (tertiary alicyclic amines) is 1. The van der Waals surface area contributed by atoms with Crippen LogP contribution in [0.25, 0.3) is 0 Å². The second-order valence-corrected chi connectivity index (χ2v) is 8.46. The molecule has 1 atom stereocenters. The predicted molar refractivity (Wildman–Crippen MR) is 110 cm³/mol. The molecular formula is C22H28N4O3. The zero-order valence-electron chi connectivity index (χ0n) is 16.9. The number of carbonyl (C=O) groups excluding carboxylic acids is 1. The van der Waals surface area contributed by atoms with Gasteiger partial charge in [0.2, 0.25) is 0 Å². The molecule has 5 rings (SSSR count). The Kier molecular flexibility index (Phi) is 4.81. The first-order valence-electron chi connectivity index (χ1n) is 10.6. The summed E-state index contributed by atoms with van der Waals surface area (Å²) in [4.78, 5) is 19.3. The molecule has 2 amide bonds. The van der Waals surface area contributed by atoms with Crippen LogP contribution in [0.15, 0.2) is 24.4 Å². The molecule has 2 fully saturated rings. The second-order valence-electron chi connectivity index (χ2n) is 8.46. The first kappa shape index (κ1) is 18.3. The molecule has 1 aromatic carbocycles. The van der Waals surface area contributed by atoms with Crippen molar-refractivity contribution < 1.29 is 14.3 Å². The number of anilines is 1. The Labute approximate surface area is 171 Å². The quantitative estimate of drug-likeness (QED) is 0.840. The summed E-state index contributed by atoms with van der Waals surface area (Å²) < 4.78 is 13.5. The number of nitrogens with zero attached hydrogens (tertiary/aromatic N) is 3. The Morgan fingerprint density at radius 3 is 2.83 bits per heavy atom. The number of aromatic nitrogens is 2. The van der Waals surface area contributed by atoms with Gasteiger partial charge in [0, 0.05) is 49.7 Å². The largest absolute Gasteiger partial charge is 0.486 e. The van der Waals surface area contributed by atoms with Gasteiger partial charge in [-0.1, -0.05) is 0 Å². The van der Waals surface area contributed by atoms with Crippen molar-refractivity contribution in [2.45, 2.75) is 39.2 Å². The van der Waals surface area contributed by atoms with Gasteiger partial charge in [-0.3, -0.25) is 0 Å². The number of ether oxygens (including phenoxy) is 2. The van der Waals surface area contributed by atoms with E-state index in [1.54, 1.807) is 0 Å². The molecule has 3 aliphatic rings. The molecule has 7 heteroatoms. The minimum atomic E-state index is -0.0540. The summed E-state index contributed by atoms with van der Waals surface area (Å²) in [5.74, 6) is 3.88. The molecule has 0 radical (unpaired) electrons. The fourth-order valence-corrected chi connectivity index (χ4v) is 4.25. The van der Waals surface area contributed by atoms with E-state index in [2.05, 4.69) is 21.8 Å². The van der Waals surface area contributed by atoms with Crippen molar-refractivity contribution in [1.29, 1.82) is 0 Å². The van der Waals surface area contributed by atoms with Crippen LogP contribution in [-0.4, -0.2) is 46.8 Å². The molecule has 1 aromatic heterocycles. The van der Waals surface area contributed by atoms with E-state index in [-0.39, 0.29) is 6.03 Å². The number of urea groups is 1. The van der Waals surface area contributed by atoms with Crippen LogP contribution in [0.3, 0.4) is 0 Å². The maximum atomic E-state index is 12.7. The lowest BCUT2D eigenvalue weighted by atomic mass is 10.0. The lowest BCUT2D eigenvalue weighted by Gasteiger charge is -2.21. The normalized spacial score (nSPS) is 20.7. The van der Waals surface area contributed by atoms with E-state index in [0.29, 0.717) is 24.9 Å². The first-order valence-corrected chi connectivity index (χ1v) is 10.6. The SMILES string of the molecule is Cc1cnc(CC2CCN(C(=O)Nc3ccc4c(c3)OCCO4)C2)n1CC1CC1. The van der Waals surface area contributed by atoms with Crippen LogP contribution in [0.5, 0.6) is 11.5 Å². The van der Waals surface area contributed by atoms with E-state index in [1.807, 2.05) is 29.3 Å². The number of benzene rings is 1. The molecule has 2 aromatic rings. The number of amides is 2. The summed E-state index contributed by atoms with van der Waals surface area (Å²) in [5, 5.41) is 3.00. The van der Waals surface area contributed by atoms with Crippen molar-refractivity contribution in [2.24, 2.45) is 11.8 Å². The van der Waals surface area contributed by atoms with Crippen molar-refractivity contribution >= 4 is 11.7 Å². The lowest BCUT2D eigenvalue weighted by Crippen LogP contribution is -2.33. The number of aryl methyl sites for hydroxylation is 1. The standard InChI is InChI=1S/C22H28N4O3/c1-15-12-23-21(26(15)14-16-2-3-16)10-17-6-7-25(13-17)22(27)24-18-4-5-19-20(11-18)29-9-8-28-19/h4-5,11-12,16-17H,2-3,6-10,13-14H2,1H3,(H,24,27). The van der Waals surface area contributed by atoms with Crippen molar-refractivity contribution in [1.82, 2.24) is 14.5 Å². The maximum Gasteiger partial charge on any atom is 0.321 e. The molecule has 2 aliphatic heterocycles. The first-order chi connectivity index (χ1) is 14.2. The Morgan fingerprint density at radius 2 is 2.00 bits per heavy atom. The topological polar surface area (TPSA) is 68.6 Å². The Balaban J connectivity index is 1.18. The van der Waals surface area contributed by atoms with Crippen LogP contribution in [0.2, 0.25) is 0 Å². The van der Waals surface area contributed by atoms with Crippen LogP contribution in [-0.2, 0) is 13.0 Å². The highest BCUT2D eigenvalue weighted by Crippen LogP contribution is 2.33. The molecule has 0 bridgehead atoms. The van der Waals surface area contributed by atoms with Crippen molar-refractivity contribution in [3.63, 3.8) is 0 Å². The van der Waals surface area contributed by atoms with Gasteiger partial charge in [0.25, 0.3) is 0 Å². The molecule has 3 heterocycles. The monoisotopic (exact) mass is 396 g/mol. The average Bonchev–Trinajstić information content (AvgIpc) is 3.33. The van der Waals surface area contributed by atoms with E-state index in [4.69, 9.17) is 9.47 Å². The highest BCUT2D eigenvalue weighted by molar-refractivity contribution is 5.90. The summed E-state index contributed by atoms with van der Waals surface area (Å²) >= 11 is 0. The molecule has 1 saturated heterocycles. The van der Waals surface area contributed by atoms with Gasteiger partial charge >= 0.3 is 6.03 Å². The van der Waals surface area contributed by atoms with E-state index in [0.717, 1.165) is 49.8 Å². The number of imidazole rings is 1. The fraction of sp³-hybridized carbons (Fsp3) is 0.545. The van der Waals surface area contributed by atoms with E-state index < -0.39 is 0 Å². The fourth-order valence-electron chi connectivity index (χ4n) is 4.25. The van der Waals surface area contributed by atoms with Crippen LogP contribution in [0, 0.1) is 18.8 Å². The number of rotatable bonds is 5. The summed E-state index contributed by atoms with van der Waals surface area (Å²) in [6, 6.07) is 5.48. The van der Waals surface area contributed by atoms with Crippen LogP contribution < -0.4 is 14.8 Å². The maximum absolute atomic E-state index is 12.7. The van der Waals surface area contributed by atoms with Gasteiger partial charge in [0.05, 0.1) is 0 Å². The molecule has 1 aliphatic carbocycles. The van der Waals surface area contributed by atoms with E-state index in [1.165, 1.54) is 24.4 Å². The third kappa shape index (κ3) is 4.04. The molecule has 1 unspecified atom stereocenters. The Bertz CT molecular complexity index is 905. The highest BCUT2D eigenvalue weighted by Gasteiger charge is 2.29. The summed E-state index contributed by atoms with van der Waals surface area (Å²) in [7, 11) is 0. The number of hydrogen-bond acceptors (Lipinski definition) is 4. The summed E-state index contributed by atoms with van der Waals surface area (Å²) in [5.41, 5.74) is 1.98. The molecule has 7 nitrogen and oxygen atoms in total. The zero-order chi connectivity index (χ0) is 19.8. The lowest BCUT2D eigenvalue weighted by molar-refractivity contribution is 0.171. The Morgan fingerprint density at radius 1 is 1.17 bits per heavy atom. The van der Waals surface area contributed by atoms with Crippen LogP contribution in [0.1, 0.15) is 30.8 Å². The smallest absolute Gasteiger partial charge is 0.321 e. The third-order valence-electron chi connectivity index (χ3n) is 6.11. The zero-order valence-corrected chi connectivity index (χ0v) is 16.9. The van der Waals surface area contributed by atoms with Gasteiger partial charge < -0.3 is 24.3 Å². The van der Waals surface area contributed by atoms with Crippen LogP contribution in [0.4, 0.5) is 10.5 Å². The summed E-state index contributed by atoms with van der Waals surface area (Å²) in [6.45, 7) is 5.89. The number of nitrogens with one attached hydrogen (secondary N) is 1. The minimum absolute atomic E-state index is 0.0540. The highest BCUT2D eigenvalue weighted by atomic mass is 16.6. The Hall–Kier alpha value is -2.70. The molecule has 1 N–H and O–H groups in total. The molecular weight excluding hydrogens is 368 g/mol. The van der Waals surface area contributed by atoms with E-state index in [9.17, 15) is 4.79 Å². The number of fused-ring (bicyclic) bond motifs is 1. The van der Waals surface area contributed by atoms with E-state index >= 15 is 0 Å². The van der Waals surface area contributed by atoms with Gasteiger partial charge in [-0.25, -0.2) is 9.78 Å².